The second-order valence-corrected chi connectivity index (χ2v) is 12.0. The van der Waals surface area contributed by atoms with Crippen molar-refractivity contribution in [1.29, 1.82) is 0 Å². The highest BCUT2D eigenvalue weighted by Gasteiger charge is 2.49. The number of carbonyl (C=O) groups excluding carboxylic acids is 1. The maximum atomic E-state index is 15.8. The van der Waals surface area contributed by atoms with E-state index < -0.39 is 29.8 Å². The van der Waals surface area contributed by atoms with Crippen LogP contribution in [0.5, 0.6) is 0 Å². The van der Waals surface area contributed by atoms with Gasteiger partial charge in [0.05, 0.1) is 12.2 Å². The molecule has 13 heteroatoms. The molecule has 10 nitrogen and oxygen atoms in total. The number of nitrogens with zero attached hydrogens (tertiary/aromatic N) is 6. The summed E-state index contributed by atoms with van der Waals surface area (Å²) in [6.07, 6.45) is 2.01. The van der Waals surface area contributed by atoms with Gasteiger partial charge in [0, 0.05) is 30.1 Å². The molecule has 0 aliphatic carbocycles. The van der Waals surface area contributed by atoms with Crippen LogP contribution >= 0.6 is 15.9 Å². The maximum Gasteiger partial charge on any atom is 0.410 e. The van der Waals surface area contributed by atoms with Crippen molar-refractivity contribution in [3.05, 3.63) is 45.5 Å². The van der Waals surface area contributed by atoms with Gasteiger partial charge < -0.3 is 15.4 Å². The minimum atomic E-state index is -3.21. The Morgan fingerprint density at radius 3 is 2.38 bits per heavy atom. The highest BCUT2D eigenvalue weighted by atomic mass is 79.9. The number of likely N-dealkylation sites (tertiary alicyclic amines) is 2. The summed E-state index contributed by atoms with van der Waals surface area (Å²) in [5.74, 6) is -3.17. The van der Waals surface area contributed by atoms with E-state index in [0.717, 1.165) is 9.04 Å². The fourth-order valence-corrected chi connectivity index (χ4v) is 5.77. The molecular weight excluding hydrogens is 576 g/mol. The summed E-state index contributed by atoms with van der Waals surface area (Å²) in [6, 6.07) is 5.43. The van der Waals surface area contributed by atoms with Gasteiger partial charge in [-0.1, -0.05) is 15.9 Å². The third kappa shape index (κ3) is 5.38. The lowest BCUT2D eigenvalue weighted by Crippen LogP contribution is -2.56. The first kappa shape index (κ1) is 27.5. The Morgan fingerprint density at radius 2 is 1.77 bits per heavy atom. The smallest absolute Gasteiger partial charge is 0.410 e. The summed E-state index contributed by atoms with van der Waals surface area (Å²) in [4.78, 5) is 37.7. The number of hydrogen-bond acceptors (Lipinski definition) is 7. The highest BCUT2D eigenvalue weighted by Crippen LogP contribution is 2.39. The molecule has 2 aliphatic heterocycles. The van der Waals surface area contributed by atoms with E-state index in [2.05, 4.69) is 25.9 Å². The summed E-state index contributed by atoms with van der Waals surface area (Å²) < 4.78 is 40.3. The normalized spacial score (nSPS) is 20.9. The van der Waals surface area contributed by atoms with Crippen LogP contribution in [0.25, 0.3) is 16.9 Å². The number of nitrogen functional groups attached to an aromatic ring is 1. The number of hydrogen-bond donors (Lipinski definition) is 1. The molecule has 0 spiro atoms. The predicted molar refractivity (Wildman–Crippen MR) is 146 cm³/mol. The van der Waals surface area contributed by atoms with Crippen LogP contribution in [0.1, 0.15) is 46.1 Å². The molecule has 3 aromatic rings. The average molecular weight is 608 g/mol. The molecule has 2 fully saturated rings. The van der Waals surface area contributed by atoms with E-state index in [1.54, 1.807) is 34.1 Å². The van der Waals surface area contributed by atoms with Gasteiger partial charge >= 0.3 is 11.8 Å². The molecule has 2 N–H and O–H groups in total. The van der Waals surface area contributed by atoms with Crippen LogP contribution in [0.3, 0.4) is 0 Å². The maximum absolute atomic E-state index is 15.8. The Kier molecular flexibility index (Phi) is 7.17. The number of nitrogens with two attached hydrogens (primary N) is 1. The minimum Gasteiger partial charge on any atom is -0.444 e. The molecule has 2 aliphatic rings. The monoisotopic (exact) mass is 607 g/mol. The fraction of sp³-hybridized carbons (Fsp3) is 0.538. The number of alkyl halides is 2. The molecule has 0 bridgehead atoms. The Balaban J connectivity index is 1.38. The van der Waals surface area contributed by atoms with Gasteiger partial charge in [0.15, 0.2) is 11.5 Å². The largest absolute Gasteiger partial charge is 0.444 e. The quantitative estimate of drug-likeness (QED) is 0.475. The van der Waals surface area contributed by atoms with Crippen molar-refractivity contribution >= 4 is 39.0 Å². The zero-order chi connectivity index (χ0) is 28.1. The first-order chi connectivity index (χ1) is 18.4. The number of aromatic nitrogens is 4. The molecule has 210 valence electrons. The van der Waals surface area contributed by atoms with Gasteiger partial charge in [0.1, 0.15) is 23.5 Å². The van der Waals surface area contributed by atoms with E-state index in [0.29, 0.717) is 38.2 Å². The number of ether oxygens (including phenoxy) is 1. The summed E-state index contributed by atoms with van der Waals surface area (Å²) in [5.41, 5.74) is 5.66. The van der Waals surface area contributed by atoms with Gasteiger partial charge in [-0.2, -0.15) is 0 Å². The van der Waals surface area contributed by atoms with E-state index in [9.17, 15) is 9.59 Å². The molecule has 1 aromatic carbocycles. The molecule has 0 unspecified atom stereocenters. The molecule has 2 saturated heterocycles. The van der Waals surface area contributed by atoms with E-state index in [4.69, 9.17) is 10.5 Å². The molecule has 5 rings (SSSR count). The summed E-state index contributed by atoms with van der Waals surface area (Å²) in [6.45, 7) is 6.22. The second kappa shape index (κ2) is 10.2. The lowest BCUT2D eigenvalue weighted by molar-refractivity contribution is -0.116. The zero-order valence-corrected chi connectivity index (χ0v) is 23.7. The van der Waals surface area contributed by atoms with Crippen LogP contribution in [0.2, 0.25) is 0 Å². The number of amides is 1. The Bertz CT molecular complexity index is 1430. The number of anilines is 1. The third-order valence-electron chi connectivity index (χ3n) is 7.30. The summed E-state index contributed by atoms with van der Waals surface area (Å²) in [5, 5.41) is 0. The van der Waals surface area contributed by atoms with Crippen molar-refractivity contribution in [2.24, 2.45) is 0 Å². The summed E-state index contributed by atoms with van der Waals surface area (Å²) in [7, 11) is 0. The number of fused-ring (bicyclic) bond motifs is 1. The highest BCUT2D eigenvalue weighted by molar-refractivity contribution is 9.10. The van der Waals surface area contributed by atoms with Crippen molar-refractivity contribution in [2.75, 3.05) is 31.9 Å². The van der Waals surface area contributed by atoms with E-state index in [-0.39, 0.29) is 35.5 Å². The van der Waals surface area contributed by atoms with Gasteiger partial charge in [-0.3, -0.25) is 14.0 Å². The van der Waals surface area contributed by atoms with Crippen LogP contribution in [0, 0.1) is 0 Å². The van der Waals surface area contributed by atoms with Crippen molar-refractivity contribution in [3.8, 4) is 5.69 Å². The van der Waals surface area contributed by atoms with Crippen molar-refractivity contribution in [1.82, 2.24) is 28.9 Å². The van der Waals surface area contributed by atoms with Crippen LogP contribution in [0.4, 0.5) is 19.4 Å². The number of halogens is 3. The zero-order valence-electron chi connectivity index (χ0n) is 22.1. The molecular formula is C26H32BrF2N7O3. The minimum absolute atomic E-state index is 0.0382. The van der Waals surface area contributed by atoms with E-state index in [1.807, 2.05) is 20.8 Å². The van der Waals surface area contributed by atoms with Crippen molar-refractivity contribution in [2.45, 2.75) is 63.6 Å². The SMILES string of the molecule is CC(C)(C)OC(=O)N1CCC(N2CC[C@H](n3c(=O)n(-c4ccc(Br)cc4)c4c(N)ncnc43)C(F)(F)C2)CC1. The molecule has 1 amide bonds. The van der Waals surface area contributed by atoms with Crippen LogP contribution < -0.4 is 11.4 Å². The van der Waals surface area contributed by atoms with Crippen molar-refractivity contribution in [3.63, 3.8) is 0 Å². The number of benzene rings is 1. The molecule has 2 aromatic heterocycles. The first-order valence-electron chi connectivity index (χ1n) is 12.9. The van der Waals surface area contributed by atoms with Gasteiger partial charge in [-0.05, 0) is 64.3 Å². The standard InChI is InChI=1S/C26H32BrF2N7O3/c1-25(2,3)39-24(38)33-11-8-17(9-12-33)34-13-10-19(26(28,29)14-34)36-22-20(21(30)31-15-32-22)35(23(36)37)18-6-4-16(27)5-7-18/h4-7,15,17,19H,8-14H2,1-3H3,(H2,30,31,32)/t19-/m0/s1. The average Bonchev–Trinajstić information content (AvgIpc) is 3.16. The van der Waals surface area contributed by atoms with Crippen LogP contribution in [-0.2, 0) is 4.74 Å². The van der Waals surface area contributed by atoms with Crippen LogP contribution in [-0.4, -0.2) is 78.7 Å². The molecule has 0 saturated carbocycles. The topological polar surface area (TPSA) is 112 Å². The van der Waals surface area contributed by atoms with Crippen LogP contribution in [0.15, 0.2) is 39.9 Å². The van der Waals surface area contributed by atoms with Crippen molar-refractivity contribution < 1.29 is 18.3 Å². The van der Waals surface area contributed by atoms with Gasteiger partial charge in [0.2, 0.25) is 0 Å². The lowest BCUT2D eigenvalue weighted by atomic mass is 9.95. The first-order valence-corrected chi connectivity index (χ1v) is 13.7. The predicted octanol–water partition coefficient (Wildman–Crippen LogP) is 4.21. The number of rotatable bonds is 3. The second-order valence-electron chi connectivity index (χ2n) is 11.1. The third-order valence-corrected chi connectivity index (χ3v) is 7.83. The Hall–Kier alpha value is -3.06. The fourth-order valence-electron chi connectivity index (χ4n) is 5.50. The molecule has 39 heavy (non-hydrogen) atoms. The van der Waals surface area contributed by atoms with Gasteiger partial charge in [-0.15, -0.1) is 0 Å². The molecule has 1 atom stereocenters. The Morgan fingerprint density at radius 1 is 1.10 bits per heavy atom. The number of carbonyl (C=O) groups is 1. The Labute approximate surface area is 232 Å². The number of piperidine rings is 2. The number of imidazole rings is 1. The summed E-state index contributed by atoms with van der Waals surface area (Å²) >= 11 is 3.37. The molecule has 4 heterocycles. The van der Waals surface area contributed by atoms with E-state index in [1.165, 1.54) is 10.9 Å². The molecule has 0 radical (unpaired) electrons. The lowest BCUT2D eigenvalue weighted by Gasteiger charge is -2.44. The van der Waals surface area contributed by atoms with E-state index >= 15 is 8.78 Å². The van der Waals surface area contributed by atoms with Gasteiger partial charge in [0.25, 0.3) is 5.92 Å². The van der Waals surface area contributed by atoms with Gasteiger partial charge in [-0.25, -0.2) is 28.3 Å².